The molecule has 1 amide bonds. The first kappa shape index (κ1) is 18.7. The predicted molar refractivity (Wildman–Crippen MR) is 114 cm³/mol. The maximum atomic E-state index is 12.4. The first-order valence-corrected chi connectivity index (χ1v) is 10.1. The van der Waals surface area contributed by atoms with Crippen LogP contribution < -0.4 is 0 Å². The molecular weight excluding hydrogens is 396 g/mol. The number of nitrogens with zero attached hydrogens (tertiary/aromatic N) is 3. The van der Waals surface area contributed by atoms with Gasteiger partial charge in [-0.15, -0.1) is 0 Å². The Hall–Kier alpha value is -2.64. The molecule has 28 heavy (non-hydrogen) atoms. The van der Waals surface area contributed by atoms with Crippen molar-refractivity contribution < 1.29 is 9.21 Å². The van der Waals surface area contributed by atoms with Crippen LogP contribution in [0.25, 0.3) is 17.4 Å². The number of amidine groups is 2. The summed E-state index contributed by atoms with van der Waals surface area (Å²) in [5.41, 5.74) is 1.03. The van der Waals surface area contributed by atoms with Gasteiger partial charge in [0.25, 0.3) is 5.91 Å². The first-order valence-electron chi connectivity index (χ1n) is 8.90. The Morgan fingerprint density at radius 2 is 2.04 bits per heavy atom. The number of hydrogen-bond donors (Lipinski definition) is 1. The molecule has 2 aliphatic heterocycles. The summed E-state index contributed by atoms with van der Waals surface area (Å²) in [5, 5.41) is 16.2. The zero-order valence-corrected chi connectivity index (χ0v) is 16.7. The van der Waals surface area contributed by atoms with E-state index in [1.54, 1.807) is 18.2 Å². The molecule has 0 saturated heterocycles. The topological polar surface area (TPSA) is 82.0 Å². The quantitative estimate of drug-likeness (QED) is 0.665. The number of carbonyl (C=O) groups excluding carboxylic acids is 1. The molecule has 2 aliphatic rings. The number of halogens is 1. The van der Waals surface area contributed by atoms with Crippen molar-refractivity contribution in [2.45, 2.75) is 26.2 Å². The number of furan rings is 1. The van der Waals surface area contributed by atoms with E-state index in [-0.39, 0.29) is 11.4 Å². The molecule has 1 aromatic heterocycles. The normalized spacial score (nSPS) is 17.8. The monoisotopic (exact) mass is 412 g/mol. The van der Waals surface area contributed by atoms with Crippen molar-refractivity contribution in [2.24, 2.45) is 10.1 Å². The predicted octanol–water partition coefficient (Wildman–Crippen LogP) is 5.41. The Morgan fingerprint density at radius 1 is 1.25 bits per heavy atom. The van der Waals surface area contributed by atoms with Crippen LogP contribution >= 0.6 is 23.4 Å². The minimum absolute atomic E-state index is 0.0124. The third kappa shape index (κ3) is 3.68. The van der Waals surface area contributed by atoms with Gasteiger partial charge in [-0.2, -0.15) is 15.1 Å². The Kier molecular flexibility index (Phi) is 5.19. The van der Waals surface area contributed by atoms with Crippen molar-refractivity contribution in [3.63, 3.8) is 0 Å². The highest BCUT2D eigenvalue weighted by atomic mass is 35.5. The van der Waals surface area contributed by atoms with Crippen molar-refractivity contribution >= 4 is 51.4 Å². The molecule has 1 N–H and O–H groups in total. The van der Waals surface area contributed by atoms with Gasteiger partial charge < -0.3 is 4.42 Å². The molecule has 0 radical (unpaired) electrons. The lowest BCUT2D eigenvalue weighted by Gasteiger charge is -2.19. The van der Waals surface area contributed by atoms with Gasteiger partial charge in [0.1, 0.15) is 16.6 Å². The molecule has 1 aromatic carbocycles. The van der Waals surface area contributed by atoms with Gasteiger partial charge in [-0.1, -0.05) is 24.9 Å². The summed E-state index contributed by atoms with van der Waals surface area (Å²) in [6.45, 7) is 2.11. The van der Waals surface area contributed by atoms with E-state index in [1.165, 1.54) is 22.8 Å². The van der Waals surface area contributed by atoms with Crippen LogP contribution in [0.3, 0.4) is 0 Å². The number of hydrogen-bond acceptors (Lipinski definition) is 5. The van der Waals surface area contributed by atoms with Crippen molar-refractivity contribution in [2.75, 3.05) is 0 Å². The Balaban J connectivity index is 1.59. The molecule has 0 atom stereocenters. The van der Waals surface area contributed by atoms with Crippen LogP contribution in [0.1, 0.15) is 31.9 Å². The highest BCUT2D eigenvalue weighted by molar-refractivity contribution is 8.26. The minimum Gasteiger partial charge on any atom is -0.457 e. The Labute approximate surface area is 171 Å². The number of rotatable bonds is 5. The lowest BCUT2D eigenvalue weighted by Crippen LogP contribution is -2.35. The molecule has 6 nitrogen and oxygen atoms in total. The zero-order chi connectivity index (χ0) is 19.7. The van der Waals surface area contributed by atoms with Crippen LogP contribution in [0.4, 0.5) is 0 Å². The molecule has 0 bridgehead atoms. The van der Waals surface area contributed by atoms with Gasteiger partial charge in [0.2, 0.25) is 5.17 Å². The summed E-state index contributed by atoms with van der Waals surface area (Å²) in [4.78, 5) is 16.5. The number of carbonyl (C=O) groups is 1. The molecule has 8 heteroatoms. The maximum Gasteiger partial charge on any atom is 0.283 e. The van der Waals surface area contributed by atoms with Crippen LogP contribution in [0, 0.1) is 5.41 Å². The fourth-order valence-electron chi connectivity index (χ4n) is 2.80. The van der Waals surface area contributed by atoms with Crippen LogP contribution in [-0.2, 0) is 4.79 Å². The van der Waals surface area contributed by atoms with Gasteiger partial charge in [-0.05, 0) is 67.1 Å². The van der Waals surface area contributed by atoms with Gasteiger partial charge >= 0.3 is 0 Å². The zero-order valence-electron chi connectivity index (χ0n) is 15.1. The lowest BCUT2D eigenvalue weighted by molar-refractivity contribution is -0.114. The molecule has 0 fully saturated rings. The van der Waals surface area contributed by atoms with Gasteiger partial charge in [0.05, 0.1) is 5.57 Å². The number of nitrogens with one attached hydrogen (secondary N) is 1. The van der Waals surface area contributed by atoms with E-state index in [0.29, 0.717) is 21.7 Å². The van der Waals surface area contributed by atoms with E-state index >= 15 is 0 Å². The van der Waals surface area contributed by atoms with Crippen molar-refractivity contribution in [3.05, 3.63) is 52.8 Å². The number of thioether (sulfide) groups is 1. The molecule has 3 heterocycles. The van der Waals surface area contributed by atoms with E-state index in [4.69, 9.17) is 21.4 Å². The van der Waals surface area contributed by atoms with Crippen LogP contribution in [-0.4, -0.2) is 27.0 Å². The first-order chi connectivity index (χ1) is 13.5. The molecular formula is C20H17ClN4O2S. The van der Waals surface area contributed by atoms with Gasteiger partial charge in [-0.3, -0.25) is 10.2 Å². The molecule has 0 spiro atoms. The number of unbranched alkanes of at least 4 members (excludes halogenated alkanes) is 1. The van der Waals surface area contributed by atoms with Gasteiger partial charge in [-0.25, -0.2) is 0 Å². The molecule has 0 unspecified atom stereocenters. The summed E-state index contributed by atoms with van der Waals surface area (Å²) >= 11 is 7.27. The van der Waals surface area contributed by atoms with Gasteiger partial charge in [0.15, 0.2) is 5.84 Å². The summed E-state index contributed by atoms with van der Waals surface area (Å²) < 4.78 is 5.82. The Morgan fingerprint density at radius 3 is 2.79 bits per heavy atom. The van der Waals surface area contributed by atoms with Crippen LogP contribution in [0.15, 0.2) is 56.5 Å². The van der Waals surface area contributed by atoms with Crippen molar-refractivity contribution in [3.8, 4) is 11.3 Å². The number of benzene rings is 1. The second-order valence-corrected chi connectivity index (χ2v) is 7.80. The number of aliphatic imine (C=N–C) groups is 1. The van der Waals surface area contributed by atoms with E-state index in [2.05, 4.69) is 17.0 Å². The fourth-order valence-corrected chi connectivity index (χ4v) is 3.86. The highest BCUT2D eigenvalue weighted by Crippen LogP contribution is 2.31. The molecule has 2 aromatic rings. The number of hydrazone groups is 1. The largest absolute Gasteiger partial charge is 0.457 e. The molecule has 4 rings (SSSR count). The van der Waals surface area contributed by atoms with Crippen LogP contribution in [0.5, 0.6) is 0 Å². The fraction of sp³-hybridized carbons (Fsp3) is 0.200. The molecule has 0 saturated carbocycles. The second-order valence-electron chi connectivity index (χ2n) is 6.33. The van der Waals surface area contributed by atoms with Crippen LogP contribution in [0.2, 0.25) is 5.02 Å². The average molecular weight is 413 g/mol. The SMILES string of the molecule is CCCCC1=NN2C(=N)C(=Cc3ccc(-c4ccc(Cl)cc4)o3)C(=O)N=C2S1. The summed E-state index contributed by atoms with van der Waals surface area (Å²) in [6, 6.07) is 10.9. The van der Waals surface area contributed by atoms with E-state index in [9.17, 15) is 4.79 Å². The summed E-state index contributed by atoms with van der Waals surface area (Å²) in [6.07, 6.45) is 4.42. The van der Waals surface area contributed by atoms with E-state index < -0.39 is 5.91 Å². The summed E-state index contributed by atoms with van der Waals surface area (Å²) in [5.74, 6) is 0.677. The minimum atomic E-state index is -0.458. The average Bonchev–Trinajstić information content (AvgIpc) is 3.31. The standard InChI is InChI=1S/C20H17ClN4O2S/c1-2-3-4-17-24-25-18(22)15(19(26)23-20(25)28-17)11-14-9-10-16(27-14)12-5-7-13(21)8-6-12/h5-11,22H,2-4H2,1H3. The molecule has 0 aliphatic carbocycles. The maximum absolute atomic E-state index is 12.4. The lowest BCUT2D eigenvalue weighted by atomic mass is 10.1. The third-order valence-electron chi connectivity index (χ3n) is 4.28. The molecule has 142 valence electrons. The van der Waals surface area contributed by atoms with E-state index in [0.717, 1.165) is 29.9 Å². The second kappa shape index (κ2) is 7.77. The smallest absolute Gasteiger partial charge is 0.283 e. The van der Waals surface area contributed by atoms with Gasteiger partial charge in [0, 0.05) is 10.6 Å². The van der Waals surface area contributed by atoms with Crippen molar-refractivity contribution in [1.29, 1.82) is 5.41 Å². The van der Waals surface area contributed by atoms with E-state index in [1.807, 2.05) is 18.2 Å². The number of fused-ring (bicyclic) bond motifs is 1. The third-order valence-corrected chi connectivity index (χ3v) is 5.50. The number of amides is 1. The summed E-state index contributed by atoms with van der Waals surface area (Å²) in [7, 11) is 0. The Bertz CT molecular complexity index is 1040. The highest BCUT2D eigenvalue weighted by Gasteiger charge is 2.35. The van der Waals surface area contributed by atoms with Crippen molar-refractivity contribution in [1.82, 2.24) is 5.01 Å².